The molecule has 2 heterocycles. The van der Waals surface area contributed by atoms with Gasteiger partial charge in [0.05, 0.1) is 10.7 Å². The van der Waals surface area contributed by atoms with Gasteiger partial charge in [0, 0.05) is 19.3 Å². The van der Waals surface area contributed by atoms with Crippen LogP contribution in [-0.4, -0.2) is 34.1 Å². The minimum atomic E-state index is -1.10. The minimum Gasteiger partial charge on any atom is -0.486 e. The number of anilines is 1. The highest BCUT2D eigenvalue weighted by molar-refractivity contribution is 6.42. The Bertz CT molecular complexity index is 1090. The molecule has 0 amide bonds. The van der Waals surface area contributed by atoms with Crippen LogP contribution < -0.4 is 9.64 Å². The summed E-state index contributed by atoms with van der Waals surface area (Å²) in [6, 6.07) is 15.6. The first-order chi connectivity index (χ1) is 15.5. The van der Waals surface area contributed by atoms with E-state index in [1.807, 2.05) is 6.07 Å². The Balaban J connectivity index is 1.44. The summed E-state index contributed by atoms with van der Waals surface area (Å²) >= 11 is 12.2. The van der Waals surface area contributed by atoms with Crippen LogP contribution in [0.5, 0.6) is 5.75 Å². The van der Waals surface area contributed by atoms with Crippen LogP contribution in [-0.2, 0) is 13.0 Å². The molecule has 1 N–H and O–H groups in total. The van der Waals surface area contributed by atoms with E-state index >= 15 is 0 Å². The van der Waals surface area contributed by atoms with Gasteiger partial charge in [-0.1, -0.05) is 59.6 Å². The Morgan fingerprint density at radius 3 is 2.56 bits per heavy atom. The van der Waals surface area contributed by atoms with E-state index < -0.39 is 5.97 Å². The van der Waals surface area contributed by atoms with E-state index in [-0.39, 0.29) is 17.2 Å². The van der Waals surface area contributed by atoms with Crippen LogP contribution in [0.2, 0.25) is 10.0 Å². The van der Waals surface area contributed by atoms with Crippen LogP contribution in [0.15, 0.2) is 54.7 Å². The maximum absolute atomic E-state index is 11.7. The van der Waals surface area contributed by atoms with Crippen LogP contribution in [0.3, 0.4) is 0 Å². The van der Waals surface area contributed by atoms with E-state index in [4.69, 9.17) is 27.9 Å². The van der Waals surface area contributed by atoms with Crippen LogP contribution in [0, 0.1) is 5.92 Å². The SMILES string of the molecule is O=C(O)c1cnc(N2CCC(Cc3ccccc3)CC2)nc1COc1cccc(Cl)c1Cl. The van der Waals surface area contributed by atoms with Crippen molar-refractivity contribution in [3.63, 3.8) is 0 Å². The average Bonchev–Trinajstić information content (AvgIpc) is 2.81. The lowest BCUT2D eigenvalue weighted by atomic mass is 9.90. The normalized spacial score (nSPS) is 14.4. The molecule has 1 aliphatic rings. The van der Waals surface area contributed by atoms with Gasteiger partial charge in [-0.2, -0.15) is 0 Å². The number of rotatable bonds is 7. The van der Waals surface area contributed by atoms with Crippen molar-refractivity contribution in [3.8, 4) is 5.75 Å². The fourth-order valence-electron chi connectivity index (χ4n) is 3.87. The number of carbonyl (C=O) groups is 1. The summed E-state index contributed by atoms with van der Waals surface area (Å²) in [6.45, 7) is 1.59. The number of ether oxygens (including phenoxy) is 1. The molecule has 32 heavy (non-hydrogen) atoms. The standard InChI is InChI=1S/C24H23Cl2N3O3/c25-19-7-4-8-21(22(19)26)32-15-20-18(23(30)31)14-27-24(28-20)29-11-9-17(10-12-29)13-16-5-2-1-3-6-16/h1-8,14,17H,9-13,15H2,(H,30,31). The average molecular weight is 472 g/mol. The van der Waals surface area contributed by atoms with E-state index in [0.717, 1.165) is 32.4 Å². The molecular formula is C24H23Cl2N3O3. The van der Waals surface area contributed by atoms with Crippen LogP contribution in [0.25, 0.3) is 0 Å². The molecule has 2 aromatic carbocycles. The van der Waals surface area contributed by atoms with Crippen LogP contribution >= 0.6 is 23.2 Å². The number of piperidine rings is 1. The zero-order valence-corrected chi connectivity index (χ0v) is 18.9. The minimum absolute atomic E-state index is 0.00543. The number of carboxylic acid groups (broad SMARTS) is 1. The molecule has 0 saturated carbocycles. The van der Waals surface area contributed by atoms with Gasteiger partial charge in [-0.15, -0.1) is 0 Å². The summed E-state index contributed by atoms with van der Waals surface area (Å²) in [4.78, 5) is 22.6. The Morgan fingerprint density at radius 1 is 1.09 bits per heavy atom. The molecule has 0 unspecified atom stereocenters. The van der Waals surface area contributed by atoms with E-state index in [9.17, 15) is 9.90 Å². The summed E-state index contributed by atoms with van der Waals surface area (Å²) in [6.07, 6.45) is 4.47. The van der Waals surface area contributed by atoms with E-state index in [1.54, 1.807) is 18.2 Å². The van der Waals surface area contributed by atoms with Crippen molar-refractivity contribution in [2.45, 2.75) is 25.9 Å². The molecule has 0 spiro atoms. The molecule has 6 nitrogen and oxygen atoms in total. The zero-order valence-electron chi connectivity index (χ0n) is 17.4. The summed E-state index contributed by atoms with van der Waals surface area (Å²) in [7, 11) is 0. The number of benzene rings is 2. The van der Waals surface area contributed by atoms with Gasteiger partial charge < -0.3 is 14.7 Å². The highest BCUT2D eigenvalue weighted by atomic mass is 35.5. The smallest absolute Gasteiger partial charge is 0.339 e. The Hall–Kier alpha value is -2.83. The molecule has 0 bridgehead atoms. The van der Waals surface area contributed by atoms with Crippen molar-refractivity contribution in [2.24, 2.45) is 5.92 Å². The molecule has 0 aliphatic carbocycles. The number of halogens is 2. The first-order valence-corrected chi connectivity index (χ1v) is 11.2. The second-order valence-electron chi connectivity index (χ2n) is 7.80. The highest BCUT2D eigenvalue weighted by Crippen LogP contribution is 2.32. The van der Waals surface area contributed by atoms with Crippen molar-refractivity contribution >= 4 is 35.1 Å². The third kappa shape index (κ3) is 5.31. The van der Waals surface area contributed by atoms with Gasteiger partial charge in [0.2, 0.25) is 5.95 Å². The lowest BCUT2D eigenvalue weighted by Gasteiger charge is -2.32. The zero-order chi connectivity index (χ0) is 22.5. The third-order valence-electron chi connectivity index (χ3n) is 5.63. The largest absolute Gasteiger partial charge is 0.486 e. The van der Waals surface area contributed by atoms with Gasteiger partial charge in [-0.3, -0.25) is 0 Å². The first kappa shape index (κ1) is 22.4. The fraction of sp³-hybridized carbons (Fsp3) is 0.292. The second-order valence-corrected chi connectivity index (χ2v) is 8.58. The maximum atomic E-state index is 11.7. The highest BCUT2D eigenvalue weighted by Gasteiger charge is 2.23. The molecule has 3 aromatic rings. The molecular weight excluding hydrogens is 449 g/mol. The van der Waals surface area contributed by atoms with Crippen LogP contribution in [0.4, 0.5) is 5.95 Å². The lowest BCUT2D eigenvalue weighted by molar-refractivity contribution is 0.0692. The lowest BCUT2D eigenvalue weighted by Crippen LogP contribution is -2.35. The summed E-state index contributed by atoms with van der Waals surface area (Å²) in [5, 5.41) is 10.2. The van der Waals surface area contributed by atoms with E-state index in [0.29, 0.717) is 28.3 Å². The number of aromatic carboxylic acids is 1. The number of carboxylic acids is 1. The van der Waals surface area contributed by atoms with Gasteiger partial charge in [-0.25, -0.2) is 14.8 Å². The predicted molar refractivity (Wildman–Crippen MR) is 125 cm³/mol. The van der Waals surface area contributed by atoms with Gasteiger partial charge in [0.15, 0.2) is 0 Å². The molecule has 1 aliphatic heterocycles. The van der Waals surface area contributed by atoms with Crippen molar-refractivity contribution in [1.29, 1.82) is 0 Å². The first-order valence-electron chi connectivity index (χ1n) is 10.5. The molecule has 0 radical (unpaired) electrons. The molecule has 0 atom stereocenters. The predicted octanol–water partition coefficient (Wildman–Crippen LogP) is 5.52. The molecule has 1 saturated heterocycles. The van der Waals surface area contributed by atoms with Crippen LogP contribution in [0.1, 0.15) is 34.5 Å². The van der Waals surface area contributed by atoms with Gasteiger partial charge >= 0.3 is 5.97 Å². The van der Waals surface area contributed by atoms with Crippen molar-refractivity contribution in [3.05, 3.63) is 81.6 Å². The van der Waals surface area contributed by atoms with Gasteiger partial charge in [0.1, 0.15) is 22.9 Å². The van der Waals surface area contributed by atoms with Gasteiger partial charge in [0.25, 0.3) is 0 Å². The van der Waals surface area contributed by atoms with Gasteiger partial charge in [-0.05, 0) is 42.9 Å². The van der Waals surface area contributed by atoms with E-state index in [1.165, 1.54) is 11.8 Å². The number of hydrogen-bond donors (Lipinski definition) is 1. The van der Waals surface area contributed by atoms with E-state index in [2.05, 4.69) is 39.1 Å². The van der Waals surface area contributed by atoms with Crippen molar-refractivity contribution < 1.29 is 14.6 Å². The monoisotopic (exact) mass is 471 g/mol. The second kappa shape index (κ2) is 10.2. The number of aromatic nitrogens is 2. The summed E-state index contributed by atoms with van der Waals surface area (Å²) in [5.74, 6) is 0.398. The molecule has 8 heteroatoms. The summed E-state index contributed by atoms with van der Waals surface area (Å²) in [5.41, 5.74) is 1.66. The number of nitrogens with zero attached hydrogens (tertiary/aromatic N) is 3. The van der Waals surface area contributed by atoms with Crippen molar-refractivity contribution in [1.82, 2.24) is 9.97 Å². The molecule has 4 rings (SSSR count). The third-order valence-corrected chi connectivity index (χ3v) is 6.43. The van der Waals surface area contributed by atoms with Crippen molar-refractivity contribution in [2.75, 3.05) is 18.0 Å². The quantitative estimate of drug-likeness (QED) is 0.488. The maximum Gasteiger partial charge on any atom is 0.339 e. The summed E-state index contributed by atoms with van der Waals surface area (Å²) < 4.78 is 5.73. The topological polar surface area (TPSA) is 75.5 Å². The molecule has 1 aromatic heterocycles. The Kier molecular flexibility index (Phi) is 7.12. The number of hydrogen-bond acceptors (Lipinski definition) is 5. The molecule has 166 valence electrons. The Labute approximate surface area is 196 Å². The molecule has 1 fully saturated rings. The Morgan fingerprint density at radius 2 is 1.84 bits per heavy atom. The fourth-order valence-corrected chi connectivity index (χ4v) is 4.22.